The molecule has 0 unspecified atom stereocenters. The second kappa shape index (κ2) is 10.1. The molecule has 1 aromatic heterocycles. The molecule has 2 rings (SSSR count). The Kier molecular flexibility index (Phi) is 8.12. The molecule has 2 N–H and O–H groups in total. The summed E-state index contributed by atoms with van der Waals surface area (Å²) >= 11 is 1.75. The summed E-state index contributed by atoms with van der Waals surface area (Å²) < 4.78 is 5.46. The number of aliphatic imine (C=N–C) groups is 1. The summed E-state index contributed by atoms with van der Waals surface area (Å²) in [5, 5.41) is 10.1. The Hall–Kier alpha value is -1.18. The van der Waals surface area contributed by atoms with Crippen LogP contribution in [-0.4, -0.2) is 67.3 Å². The molecule has 0 spiro atoms. The lowest BCUT2D eigenvalue weighted by atomic mass is 10.0. The van der Waals surface area contributed by atoms with Crippen LogP contribution in [0.1, 0.15) is 38.4 Å². The highest BCUT2D eigenvalue weighted by atomic mass is 32.1. The zero-order valence-corrected chi connectivity index (χ0v) is 16.9. The van der Waals surface area contributed by atoms with E-state index in [1.165, 1.54) is 10.7 Å². The summed E-state index contributed by atoms with van der Waals surface area (Å²) in [6, 6.07) is 0. The van der Waals surface area contributed by atoms with Gasteiger partial charge in [0.15, 0.2) is 5.96 Å². The second-order valence-corrected chi connectivity index (χ2v) is 7.81. The van der Waals surface area contributed by atoms with Gasteiger partial charge in [0.1, 0.15) is 0 Å². The number of hydrogen-bond acceptors (Lipinski definition) is 5. The first-order valence-electron chi connectivity index (χ1n) is 9.33. The summed E-state index contributed by atoms with van der Waals surface area (Å²) in [6.45, 7) is 14.8. The Bertz CT molecular complexity index is 537. The fraction of sp³-hybridized carbons (Fsp3) is 0.778. The maximum Gasteiger partial charge on any atom is 0.191 e. The molecular weight excluding hydrogens is 334 g/mol. The number of nitrogens with zero attached hydrogens (tertiary/aromatic N) is 3. The monoisotopic (exact) mass is 367 g/mol. The molecule has 2 heterocycles. The highest BCUT2D eigenvalue weighted by Gasteiger charge is 2.28. The van der Waals surface area contributed by atoms with Gasteiger partial charge in [-0.2, -0.15) is 0 Å². The van der Waals surface area contributed by atoms with Crippen LogP contribution in [0.15, 0.2) is 10.4 Å². The Morgan fingerprint density at radius 2 is 2.08 bits per heavy atom. The number of guanidine groups is 1. The summed E-state index contributed by atoms with van der Waals surface area (Å²) in [5.74, 6) is 0.884. The molecule has 0 amide bonds. The van der Waals surface area contributed by atoms with Crippen molar-refractivity contribution >= 4 is 17.3 Å². The molecule has 25 heavy (non-hydrogen) atoms. The largest absolute Gasteiger partial charge is 0.379 e. The zero-order valence-electron chi connectivity index (χ0n) is 16.1. The van der Waals surface area contributed by atoms with Crippen LogP contribution >= 0.6 is 11.3 Å². The van der Waals surface area contributed by atoms with Crippen LogP contribution in [0.5, 0.6) is 0 Å². The SMILES string of the molecule is CCNC(=NCC(C)(C)N1CCOCC1)NCCc1csc(CC)n1. The minimum atomic E-state index is 0.0388. The smallest absolute Gasteiger partial charge is 0.191 e. The number of morpholine rings is 1. The molecule has 0 saturated carbocycles. The van der Waals surface area contributed by atoms with Crippen molar-refractivity contribution in [3.8, 4) is 0 Å². The predicted octanol–water partition coefficient (Wildman–Crippen LogP) is 1.91. The van der Waals surface area contributed by atoms with E-state index in [4.69, 9.17) is 9.73 Å². The molecule has 0 atom stereocenters. The zero-order chi connectivity index (χ0) is 18.1. The molecule has 1 fully saturated rings. The van der Waals surface area contributed by atoms with Crippen molar-refractivity contribution in [2.24, 2.45) is 4.99 Å². The topological polar surface area (TPSA) is 61.8 Å². The van der Waals surface area contributed by atoms with Crippen LogP contribution in [0.3, 0.4) is 0 Å². The third-order valence-electron chi connectivity index (χ3n) is 4.41. The van der Waals surface area contributed by atoms with Crippen LogP contribution in [0.4, 0.5) is 0 Å². The third-order valence-corrected chi connectivity index (χ3v) is 5.45. The Labute approximate surface area is 156 Å². The Balaban J connectivity index is 1.84. The van der Waals surface area contributed by atoms with Gasteiger partial charge < -0.3 is 15.4 Å². The second-order valence-electron chi connectivity index (χ2n) is 6.87. The number of thiazole rings is 1. The number of hydrogen-bond donors (Lipinski definition) is 2. The number of aryl methyl sites for hydroxylation is 1. The predicted molar refractivity (Wildman–Crippen MR) is 106 cm³/mol. The maximum atomic E-state index is 5.46. The summed E-state index contributed by atoms with van der Waals surface area (Å²) in [4.78, 5) is 11.9. The van der Waals surface area contributed by atoms with Crippen LogP contribution in [0, 0.1) is 0 Å². The van der Waals surface area contributed by atoms with Crippen molar-refractivity contribution in [2.45, 2.75) is 46.1 Å². The first-order valence-corrected chi connectivity index (χ1v) is 10.2. The van der Waals surface area contributed by atoms with Gasteiger partial charge in [-0.3, -0.25) is 9.89 Å². The number of ether oxygens (including phenoxy) is 1. The van der Waals surface area contributed by atoms with E-state index >= 15 is 0 Å². The minimum absolute atomic E-state index is 0.0388. The molecule has 1 saturated heterocycles. The summed E-state index contributed by atoms with van der Waals surface area (Å²) in [5.41, 5.74) is 1.20. The standard InChI is InChI=1S/C18H33N5OS/c1-5-16-22-15(13-25-16)7-8-20-17(19-6-2)21-14-18(3,4)23-9-11-24-12-10-23/h13H,5-12,14H2,1-4H3,(H2,19,20,21). The molecule has 1 aliphatic heterocycles. The average Bonchev–Trinajstić information content (AvgIpc) is 3.08. The van der Waals surface area contributed by atoms with Crippen molar-refractivity contribution < 1.29 is 4.74 Å². The summed E-state index contributed by atoms with van der Waals surface area (Å²) in [6.07, 6.45) is 1.94. The van der Waals surface area contributed by atoms with Crippen LogP contribution in [0.2, 0.25) is 0 Å². The van der Waals surface area contributed by atoms with E-state index in [0.717, 1.165) is 64.7 Å². The first-order chi connectivity index (χ1) is 12.0. The molecule has 7 heteroatoms. The van der Waals surface area contributed by atoms with Gasteiger partial charge in [-0.1, -0.05) is 6.92 Å². The number of nitrogens with one attached hydrogen (secondary N) is 2. The van der Waals surface area contributed by atoms with Gasteiger partial charge in [0.05, 0.1) is 30.5 Å². The van der Waals surface area contributed by atoms with Crippen molar-refractivity contribution in [2.75, 3.05) is 45.9 Å². The van der Waals surface area contributed by atoms with Crippen molar-refractivity contribution in [1.29, 1.82) is 0 Å². The van der Waals surface area contributed by atoms with Crippen molar-refractivity contribution in [3.05, 3.63) is 16.1 Å². The number of rotatable bonds is 8. The Morgan fingerprint density at radius 3 is 2.72 bits per heavy atom. The van der Waals surface area contributed by atoms with Crippen LogP contribution in [-0.2, 0) is 17.6 Å². The fourth-order valence-electron chi connectivity index (χ4n) is 2.82. The van der Waals surface area contributed by atoms with Gasteiger partial charge in [0, 0.05) is 43.5 Å². The van der Waals surface area contributed by atoms with Gasteiger partial charge >= 0.3 is 0 Å². The van der Waals surface area contributed by atoms with Gasteiger partial charge in [-0.05, 0) is 27.2 Å². The third kappa shape index (κ3) is 6.56. The summed E-state index contributed by atoms with van der Waals surface area (Å²) in [7, 11) is 0. The lowest BCUT2D eigenvalue weighted by molar-refractivity contribution is -0.00683. The van der Waals surface area contributed by atoms with Crippen molar-refractivity contribution in [3.63, 3.8) is 0 Å². The molecule has 1 aliphatic rings. The van der Waals surface area contributed by atoms with E-state index in [0.29, 0.717) is 0 Å². The molecular formula is C18H33N5OS. The molecule has 0 bridgehead atoms. The van der Waals surface area contributed by atoms with Crippen molar-refractivity contribution in [1.82, 2.24) is 20.5 Å². The Morgan fingerprint density at radius 1 is 1.32 bits per heavy atom. The van der Waals surface area contributed by atoms with Crippen LogP contribution < -0.4 is 10.6 Å². The van der Waals surface area contributed by atoms with E-state index < -0.39 is 0 Å². The molecule has 142 valence electrons. The van der Waals surface area contributed by atoms with Gasteiger partial charge in [-0.25, -0.2) is 4.98 Å². The quantitative estimate of drug-likeness (QED) is 0.543. The molecule has 6 nitrogen and oxygen atoms in total. The van der Waals surface area contributed by atoms with Gasteiger partial charge in [-0.15, -0.1) is 11.3 Å². The van der Waals surface area contributed by atoms with Gasteiger partial charge in [0.2, 0.25) is 0 Å². The minimum Gasteiger partial charge on any atom is -0.379 e. The van der Waals surface area contributed by atoms with Gasteiger partial charge in [0.25, 0.3) is 0 Å². The maximum absolute atomic E-state index is 5.46. The van der Waals surface area contributed by atoms with E-state index in [1.54, 1.807) is 11.3 Å². The molecule has 1 aromatic rings. The average molecular weight is 368 g/mol. The van der Waals surface area contributed by atoms with E-state index in [1.807, 2.05) is 0 Å². The highest BCUT2D eigenvalue weighted by molar-refractivity contribution is 7.09. The fourth-order valence-corrected chi connectivity index (χ4v) is 3.60. The molecule has 0 radical (unpaired) electrons. The lowest BCUT2D eigenvalue weighted by Crippen LogP contribution is -2.52. The van der Waals surface area contributed by atoms with E-state index in [9.17, 15) is 0 Å². The number of aromatic nitrogens is 1. The van der Waals surface area contributed by atoms with Crippen LogP contribution in [0.25, 0.3) is 0 Å². The lowest BCUT2D eigenvalue weighted by Gasteiger charge is -2.39. The first kappa shape index (κ1) is 20.1. The highest BCUT2D eigenvalue weighted by Crippen LogP contribution is 2.16. The van der Waals surface area contributed by atoms with E-state index in [-0.39, 0.29) is 5.54 Å². The van der Waals surface area contributed by atoms with E-state index in [2.05, 4.69) is 53.6 Å². The molecule has 0 aromatic carbocycles. The molecule has 0 aliphatic carbocycles. The normalized spacial score (nSPS) is 16.9.